The smallest absolute Gasteiger partial charge is 0.268 e. The van der Waals surface area contributed by atoms with Gasteiger partial charge in [0.2, 0.25) is 0 Å². The maximum absolute atomic E-state index is 12.7. The summed E-state index contributed by atoms with van der Waals surface area (Å²) in [5.41, 5.74) is 4.06. The molecule has 29 heavy (non-hydrogen) atoms. The number of thiophene rings is 1. The van der Waals surface area contributed by atoms with Crippen LogP contribution < -0.4 is 10.9 Å². The number of piperidine rings is 1. The van der Waals surface area contributed by atoms with E-state index >= 15 is 0 Å². The highest BCUT2D eigenvalue weighted by Gasteiger charge is 2.25. The Hall–Kier alpha value is -2.48. The van der Waals surface area contributed by atoms with E-state index in [4.69, 9.17) is 4.98 Å². The summed E-state index contributed by atoms with van der Waals surface area (Å²) >= 11 is 1.46. The summed E-state index contributed by atoms with van der Waals surface area (Å²) < 4.78 is 0.664. The monoisotopic (exact) mass is 427 g/mol. The summed E-state index contributed by atoms with van der Waals surface area (Å²) in [5.74, 6) is 1.24. The second-order valence-electron chi connectivity index (χ2n) is 7.33. The van der Waals surface area contributed by atoms with Gasteiger partial charge in [0.05, 0.1) is 17.8 Å². The number of hydrogen-bond acceptors (Lipinski definition) is 5. The van der Waals surface area contributed by atoms with Crippen LogP contribution in [0, 0.1) is 6.92 Å². The van der Waals surface area contributed by atoms with E-state index in [1.165, 1.54) is 16.9 Å². The number of rotatable bonds is 3. The minimum Gasteiger partial charge on any atom is -0.308 e. The first-order valence-electron chi connectivity index (χ1n) is 9.51. The topological polar surface area (TPSA) is 86.5 Å². The zero-order valence-electron chi connectivity index (χ0n) is 15.9. The summed E-state index contributed by atoms with van der Waals surface area (Å²) in [6.45, 7) is 2.87. The van der Waals surface area contributed by atoms with Crippen LogP contribution in [0.5, 0.6) is 0 Å². The lowest BCUT2D eigenvalue weighted by molar-refractivity contribution is 0.362. The molecule has 0 spiro atoms. The number of benzene rings is 1. The first-order valence-corrected chi connectivity index (χ1v) is 10.3. The van der Waals surface area contributed by atoms with Crippen LogP contribution in [-0.2, 0) is 0 Å². The van der Waals surface area contributed by atoms with Crippen molar-refractivity contribution in [2.24, 2.45) is 0 Å². The highest BCUT2D eigenvalue weighted by atomic mass is 35.5. The van der Waals surface area contributed by atoms with E-state index < -0.39 is 0 Å². The summed E-state index contributed by atoms with van der Waals surface area (Å²) in [4.78, 5) is 21.5. The van der Waals surface area contributed by atoms with Gasteiger partial charge < -0.3 is 10.3 Å². The average molecular weight is 428 g/mol. The maximum Gasteiger partial charge on any atom is 0.268 e. The Balaban J connectivity index is 0.00000205. The van der Waals surface area contributed by atoms with Gasteiger partial charge in [-0.15, -0.1) is 23.7 Å². The van der Waals surface area contributed by atoms with E-state index in [9.17, 15) is 4.79 Å². The van der Waals surface area contributed by atoms with Crippen molar-refractivity contribution in [2.45, 2.75) is 31.7 Å². The Morgan fingerprint density at radius 1 is 1.17 bits per heavy atom. The molecule has 3 N–H and O–H groups in total. The van der Waals surface area contributed by atoms with Gasteiger partial charge in [-0.3, -0.25) is 9.89 Å². The van der Waals surface area contributed by atoms with Crippen LogP contribution >= 0.6 is 23.7 Å². The van der Waals surface area contributed by atoms with Crippen molar-refractivity contribution in [1.29, 1.82) is 0 Å². The summed E-state index contributed by atoms with van der Waals surface area (Å²) in [7, 11) is 0. The molecule has 150 valence electrons. The fraction of sp³-hybridized carbons (Fsp3) is 0.286. The molecule has 0 saturated carbocycles. The molecule has 0 amide bonds. The van der Waals surface area contributed by atoms with Crippen LogP contribution in [0.1, 0.15) is 41.9 Å². The molecule has 4 heterocycles. The second kappa shape index (κ2) is 8.10. The average Bonchev–Trinajstić information content (AvgIpc) is 3.35. The number of nitrogens with zero attached hydrogens (tertiary/aromatic N) is 2. The van der Waals surface area contributed by atoms with Crippen molar-refractivity contribution in [3.05, 3.63) is 70.0 Å². The van der Waals surface area contributed by atoms with Crippen molar-refractivity contribution < 1.29 is 0 Å². The highest BCUT2D eigenvalue weighted by molar-refractivity contribution is 7.22. The van der Waals surface area contributed by atoms with Gasteiger partial charge in [-0.2, -0.15) is 5.10 Å². The largest absolute Gasteiger partial charge is 0.308 e. The first kappa shape index (κ1) is 19.8. The molecule has 1 saturated heterocycles. The van der Waals surface area contributed by atoms with Crippen molar-refractivity contribution >= 4 is 34.0 Å². The first-order chi connectivity index (χ1) is 13.7. The zero-order chi connectivity index (χ0) is 19.1. The Labute approximate surface area is 178 Å². The second-order valence-corrected chi connectivity index (χ2v) is 8.38. The molecule has 1 fully saturated rings. The van der Waals surface area contributed by atoms with Gasteiger partial charge in [0, 0.05) is 22.7 Å². The molecular formula is C21H22ClN5OS. The standard InChI is InChI=1S/C21H21N5OS.ClH/c1-12-15(11-23-26-12)18-9-17-19(28-18)21(27)25-20(24-17)16-8-7-14(10-22-16)13-5-3-2-4-6-13;/h2-6,9,11,14,16,22H,7-8,10H2,1H3,(H,23,26)(H,24,25,27);1H/t14-,16-;/m0./s1. The Morgan fingerprint density at radius 2 is 2.00 bits per heavy atom. The Bertz CT molecular complexity index is 1170. The number of nitrogens with one attached hydrogen (secondary N) is 3. The van der Waals surface area contributed by atoms with E-state index in [0.717, 1.165) is 46.9 Å². The van der Waals surface area contributed by atoms with E-state index in [1.54, 1.807) is 6.20 Å². The van der Waals surface area contributed by atoms with Gasteiger partial charge in [-0.1, -0.05) is 30.3 Å². The molecule has 0 aliphatic carbocycles. The van der Waals surface area contributed by atoms with Gasteiger partial charge in [0.1, 0.15) is 10.5 Å². The predicted molar refractivity (Wildman–Crippen MR) is 119 cm³/mol. The van der Waals surface area contributed by atoms with E-state index in [0.29, 0.717) is 10.6 Å². The number of H-pyrrole nitrogens is 2. The van der Waals surface area contributed by atoms with E-state index in [1.807, 2.05) is 19.1 Å². The molecule has 3 aromatic heterocycles. The Morgan fingerprint density at radius 3 is 2.69 bits per heavy atom. The van der Waals surface area contributed by atoms with Crippen molar-refractivity contribution in [3.8, 4) is 10.4 Å². The molecule has 6 nitrogen and oxygen atoms in total. The van der Waals surface area contributed by atoms with Crippen molar-refractivity contribution in [1.82, 2.24) is 25.5 Å². The fourth-order valence-electron chi connectivity index (χ4n) is 3.95. The number of aromatic amines is 2. The third-order valence-corrected chi connectivity index (χ3v) is 6.67. The van der Waals surface area contributed by atoms with Crippen LogP contribution in [-0.4, -0.2) is 26.7 Å². The minimum atomic E-state index is -0.0654. The van der Waals surface area contributed by atoms with E-state index in [2.05, 4.69) is 44.8 Å². The van der Waals surface area contributed by atoms with E-state index in [-0.39, 0.29) is 24.0 Å². The third-order valence-electron chi connectivity index (χ3n) is 5.51. The fourth-order valence-corrected chi connectivity index (χ4v) is 5.01. The van der Waals surface area contributed by atoms with Gasteiger partial charge in [-0.25, -0.2) is 4.98 Å². The lowest BCUT2D eigenvalue weighted by atomic mass is 9.88. The number of halogens is 1. The van der Waals surface area contributed by atoms with Crippen LogP contribution in [0.15, 0.2) is 47.4 Å². The highest BCUT2D eigenvalue weighted by Crippen LogP contribution is 2.34. The molecule has 1 aliphatic rings. The molecule has 1 aliphatic heterocycles. The molecule has 1 aromatic carbocycles. The van der Waals surface area contributed by atoms with Crippen molar-refractivity contribution in [3.63, 3.8) is 0 Å². The molecule has 0 unspecified atom stereocenters. The van der Waals surface area contributed by atoms with Gasteiger partial charge in [-0.05, 0) is 37.3 Å². The molecule has 5 rings (SSSR count). The molecular weight excluding hydrogens is 406 g/mol. The van der Waals surface area contributed by atoms with Gasteiger partial charge >= 0.3 is 0 Å². The lowest BCUT2D eigenvalue weighted by Crippen LogP contribution is -2.34. The number of fused-ring (bicyclic) bond motifs is 1. The summed E-state index contributed by atoms with van der Waals surface area (Å²) in [6, 6.07) is 12.7. The quantitative estimate of drug-likeness (QED) is 0.454. The third kappa shape index (κ3) is 3.73. The summed E-state index contributed by atoms with van der Waals surface area (Å²) in [6.07, 6.45) is 3.82. The van der Waals surface area contributed by atoms with Crippen LogP contribution in [0.2, 0.25) is 0 Å². The SMILES string of the molecule is Cc1[nH]ncc1-c1cc2nc([C@@H]3CC[C@H](c4ccccc4)CN3)[nH]c(=O)c2s1.Cl. The minimum absolute atomic E-state index is 0. The normalized spacial score (nSPS) is 19.2. The Kier molecular flexibility index (Phi) is 5.54. The number of aromatic nitrogens is 4. The van der Waals surface area contributed by atoms with Crippen molar-refractivity contribution in [2.75, 3.05) is 6.54 Å². The van der Waals surface area contributed by atoms with Crippen LogP contribution in [0.3, 0.4) is 0 Å². The van der Waals surface area contributed by atoms with Crippen LogP contribution in [0.25, 0.3) is 20.7 Å². The zero-order valence-corrected chi connectivity index (χ0v) is 17.6. The number of hydrogen-bond donors (Lipinski definition) is 3. The summed E-state index contributed by atoms with van der Waals surface area (Å²) in [5, 5.41) is 10.6. The molecule has 8 heteroatoms. The predicted octanol–water partition coefficient (Wildman–Crippen LogP) is 4.31. The number of aryl methyl sites for hydroxylation is 1. The van der Waals surface area contributed by atoms with Gasteiger partial charge in [0.15, 0.2) is 0 Å². The lowest BCUT2D eigenvalue weighted by Gasteiger charge is -2.29. The molecule has 2 atom stereocenters. The maximum atomic E-state index is 12.7. The molecule has 0 bridgehead atoms. The van der Waals surface area contributed by atoms with Gasteiger partial charge in [0.25, 0.3) is 5.56 Å². The van der Waals surface area contributed by atoms with Crippen LogP contribution in [0.4, 0.5) is 0 Å². The molecule has 0 radical (unpaired) electrons. The molecule has 4 aromatic rings.